The molecule has 0 N–H and O–H groups in total. The van der Waals surface area contributed by atoms with Crippen LogP contribution in [0.25, 0.3) is 5.57 Å². The Morgan fingerprint density at radius 3 is 2.54 bits per heavy atom. The molecule has 0 spiro atoms. The number of methoxy groups -OCH3 is 3. The summed E-state index contributed by atoms with van der Waals surface area (Å²) < 4.78 is 28.2. The summed E-state index contributed by atoms with van der Waals surface area (Å²) in [6.07, 6.45) is 3.33. The third kappa shape index (κ3) is 5.91. The van der Waals surface area contributed by atoms with Crippen LogP contribution in [0.1, 0.15) is 28.8 Å². The van der Waals surface area contributed by atoms with Crippen molar-refractivity contribution in [3.63, 3.8) is 0 Å². The van der Waals surface area contributed by atoms with Gasteiger partial charge in [0.2, 0.25) is 0 Å². The van der Waals surface area contributed by atoms with Crippen molar-refractivity contribution >= 4 is 39.2 Å². The lowest BCUT2D eigenvalue weighted by Crippen LogP contribution is -2.55. The highest BCUT2D eigenvalue weighted by Crippen LogP contribution is 2.42. The van der Waals surface area contributed by atoms with Crippen LogP contribution in [-0.2, 0) is 9.47 Å². The van der Waals surface area contributed by atoms with Gasteiger partial charge in [0.25, 0.3) is 5.91 Å². The Bertz CT molecular complexity index is 1230. The summed E-state index contributed by atoms with van der Waals surface area (Å²) >= 11 is 3.40. The Morgan fingerprint density at radius 1 is 1.13 bits per heavy atom. The van der Waals surface area contributed by atoms with Crippen molar-refractivity contribution in [3.8, 4) is 17.2 Å². The predicted molar refractivity (Wildman–Crippen MR) is 152 cm³/mol. The first-order chi connectivity index (χ1) is 19.0. The number of ether oxygens (including phenoxy) is 5. The fraction of sp³-hybridized carbons (Fsp3) is 0.379. The molecule has 0 saturated heterocycles. The lowest BCUT2D eigenvalue weighted by atomic mass is 9.94. The zero-order chi connectivity index (χ0) is 27.9. The normalized spacial score (nSPS) is 18.4. The quantitative estimate of drug-likeness (QED) is 0.208. The Hall–Kier alpha value is -3.50. The van der Waals surface area contributed by atoms with E-state index < -0.39 is 18.4 Å². The average Bonchev–Trinajstić information content (AvgIpc) is 3.07. The molecule has 2 aromatic carbocycles. The van der Waals surface area contributed by atoms with Crippen LogP contribution in [-0.4, -0.2) is 75.6 Å². The minimum atomic E-state index is -0.871. The number of benzene rings is 2. The molecule has 0 aromatic heterocycles. The van der Waals surface area contributed by atoms with Crippen molar-refractivity contribution in [1.82, 2.24) is 4.90 Å². The molecule has 9 nitrogen and oxygen atoms in total. The van der Waals surface area contributed by atoms with Crippen molar-refractivity contribution in [1.29, 1.82) is 0 Å². The molecule has 0 fully saturated rings. The van der Waals surface area contributed by atoms with Crippen LogP contribution in [0.5, 0.6) is 17.2 Å². The molecule has 0 aliphatic carbocycles. The van der Waals surface area contributed by atoms with E-state index in [0.717, 1.165) is 28.6 Å². The SMILES string of the molecule is C=CCOC(=O)N1c2cc(OCCCBr)c(OC)cc2C(=O)N2CCC(c3ccc(OC)cc3)=C[C@H]2C1OC. The topological polar surface area (TPSA) is 86.8 Å². The predicted octanol–water partition coefficient (Wildman–Crippen LogP) is 5.28. The van der Waals surface area contributed by atoms with Crippen molar-refractivity contribution < 1.29 is 33.3 Å². The molecule has 10 heteroatoms. The van der Waals surface area contributed by atoms with Gasteiger partial charge in [0.15, 0.2) is 17.7 Å². The number of anilines is 1. The number of hydrogen-bond acceptors (Lipinski definition) is 7. The van der Waals surface area contributed by atoms with Crippen LogP contribution < -0.4 is 19.1 Å². The number of nitrogens with zero attached hydrogens (tertiary/aromatic N) is 2. The summed E-state index contributed by atoms with van der Waals surface area (Å²) in [6, 6.07) is 10.4. The Balaban J connectivity index is 1.84. The van der Waals surface area contributed by atoms with Gasteiger partial charge in [-0.25, -0.2) is 9.69 Å². The third-order valence-corrected chi connectivity index (χ3v) is 7.25. The Kier molecular flexibility index (Phi) is 9.53. The van der Waals surface area contributed by atoms with Crippen LogP contribution in [0.15, 0.2) is 55.1 Å². The maximum Gasteiger partial charge on any atom is 0.416 e. The molecule has 2 heterocycles. The maximum absolute atomic E-state index is 14.0. The number of halogens is 1. The number of hydrogen-bond donors (Lipinski definition) is 0. The van der Waals surface area contributed by atoms with E-state index in [-0.39, 0.29) is 12.5 Å². The number of carbonyl (C=O) groups excluding carboxylic acids is 2. The van der Waals surface area contributed by atoms with Gasteiger partial charge in [-0.3, -0.25) is 4.79 Å². The van der Waals surface area contributed by atoms with E-state index >= 15 is 0 Å². The van der Waals surface area contributed by atoms with Gasteiger partial charge >= 0.3 is 6.09 Å². The summed E-state index contributed by atoms with van der Waals surface area (Å²) in [5.74, 6) is 1.32. The standard InChI is InChI=1S/C29H33BrN2O7/c1-5-14-39-29(34)32-23-18-26(38-15-6-12-30)25(36-3)17-22(23)27(33)31-13-11-20(16-24(31)28(32)37-4)19-7-9-21(35-2)10-8-19/h5,7-10,16-18,24,28H,1,6,11-15H2,2-4H3/t24-,28?/m0/s1. The highest BCUT2D eigenvalue weighted by atomic mass is 79.9. The molecule has 1 unspecified atom stereocenters. The molecule has 2 atom stereocenters. The summed E-state index contributed by atoms with van der Waals surface area (Å²) in [4.78, 5) is 30.6. The molecule has 208 valence electrons. The average molecular weight is 601 g/mol. The molecule has 39 heavy (non-hydrogen) atoms. The largest absolute Gasteiger partial charge is 0.497 e. The number of fused-ring (bicyclic) bond motifs is 2. The summed E-state index contributed by atoms with van der Waals surface area (Å²) in [6.45, 7) is 4.50. The summed E-state index contributed by atoms with van der Waals surface area (Å²) in [5, 5.41) is 0.768. The van der Waals surface area contributed by atoms with Gasteiger partial charge in [0, 0.05) is 25.1 Å². The summed E-state index contributed by atoms with van der Waals surface area (Å²) in [5.41, 5.74) is 2.66. The van der Waals surface area contributed by atoms with E-state index in [2.05, 4.69) is 22.5 Å². The fourth-order valence-electron chi connectivity index (χ4n) is 4.81. The van der Waals surface area contributed by atoms with Gasteiger partial charge in [0.1, 0.15) is 12.4 Å². The minimum absolute atomic E-state index is 0.00112. The maximum atomic E-state index is 14.0. The third-order valence-electron chi connectivity index (χ3n) is 6.69. The second-order valence-electron chi connectivity index (χ2n) is 8.93. The first kappa shape index (κ1) is 28.5. The smallest absolute Gasteiger partial charge is 0.416 e. The number of rotatable bonds is 10. The van der Waals surface area contributed by atoms with E-state index in [1.54, 1.807) is 24.1 Å². The molecule has 0 bridgehead atoms. The van der Waals surface area contributed by atoms with E-state index in [1.165, 1.54) is 25.2 Å². The number of carbonyl (C=O) groups is 2. The van der Waals surface area contributed by atoms with Gasteiger partial charge in [-0.1, -0.05) is 46.8 Å². The molecule has 4 rings (SSSR count). The second-order valence-corrected chi connectivity index (χ2v) is 9.73. The van der Waals surface area contributed by atoms with E-state index in [1.807, 2.05) is 30.3 Å². The Labute approximate surface area is 237 Å². The van der Waals surface area contributed by atoms with Crippen molar-refractivity contribution in [2.24, 2.45) is 0 Å². The zero-order valence-corrected chi connectivity index (χ0v) is 23.9. The van der Waals surface area contributed by atoms with Gasteiger partial charge in [-0.2, -0.15) is 0 Å². The molecule has 0 radical (unpaired) electrons. The lowest BCUT2D eigenvalue weighted by molar-refractivity contribution is 0.0274. The highest BCUT2D eigenvalue weighted by molar-refractivity contribution is 9.09. The van der Waals surface area contributed by atoms with E-state index in [0.29, 0.717) is 42.3 Å². The molecule has 2 aliphatic heterocycles. The van der Waals surface area contributed by atoms with Crippen LogP contribution >= 0.6 is 15.9 Å². The van der Waals surface area contributed by atoms with Crippen LogP contribution in [0.4, 0.5) is 10.5 Å². The first-order valence-corrected chi connectivity index (χ1v) is 13.8. The van der Waals surface area contributed by atoms with Gasteiger partial charge < -0.3 is 28.6 Å². The van der Waals surface area contributed by atoms with Gasteiger partial charge in [0.05, 0.1) is 38.1 Å². The minimum Gasteiger partial charge on any atom is -0.497 e. The monoisotopic (exact) mass is 600 g/mol. The molecular formula is C29H33BrN2O7. The molecule has 0 saturated carbocycles. The number of amides is 2. The molecule has 2 aliphatic rings. The second kappa shape index (κ2) is 13.0. The first-order valence-electron chi connectivity index (χ1n) is 12.6. The summed E-state index contributed by atoms with van der Waals surface area (Å²) in [7, 11) is 4.65. The van der Waals surface area contributed by atoms with Crippen molar-refractivity contribution in [2.45, 2.75) is 25.1 Å². The van der Waals surface area contributed by atoms with Gasteiger partial charge in [-0.15, -0.1) is 0 Å². The lowest BCUT2D eigenvalue weighted by Gasteiger charge is -2.39. The highest BCUT2D eigenvalue weighted by Gasteiger charge is 2.45. The van der Waals surface area contributed by atoms with Crippen LogP contribution in [0.3, 0.4) is 0 Å². The van der Waals surface area contributed by atoms with Crippen LogP contribution in [0.2, 0.25) is 0 Å². The van der Waals surface area contributed by atoms with Crippen molar-refractivity contribution in [3.05, 3.63) is 66.3 Å². The number of alkyl halides is 1. The molecule has 2 amide bonds. The molecule has 2 aromatic rings. The van der Waals surface area contributed by atoms with E-state index in [4.69, 9.17) is 23.7 Å². The molecular weight excluding hydrogens is 568 g/mol. The van der Waals surface area contributed by atoms with E-state index in [9.17, 15) is 9.59 Å². The Morgan fingerprint density at radius 2 is 1.90 bits per heavy atom. The van der Waals surface area contributed by atoms with Gasteiger partial charge in [-0.05, 0) is 42.2 Å². The van der Waals surface area contributed by atoms with Crippen LogP contribution in [0, 0.1) is 0 Å². The fourth-order valence-corrected chi connectivity index (χ4v) is 5.04. The van der Waals surface area contributed by atoms with Crippen molar-refractivity contribution in [2.75, 3.05) is 51.3 Å². The zero-order valence-electron chi connectivity index (χ0n) is 22.4.